The van der Waals surface area contributed by atoms with Crippen molar-refractivity contribution < 1.29 is 13.2 Å². The van der Waals surface area contributed by atoms with Gasteiger partial charge < -0.3 is 5.32 Å². The molecule has 2 saturated heterocycles. The minimum absolute atomic E-state index is 0.0712. The molecule has 1 amide bonds. The van der Waals surface area contributed by atoms with Gasteiger partial charge in [0.05, 0.1) is 11.5 Å². The Morgan fingerprint density at radius 1 is 1.24 bits per heavy atom. The van der Waals surface area contributed by atoms with Gasteiger partial charge in [-0.05, 0) is 43.4 Å². The first kappa shape index (κ1) is 18.7. The summed E-state index contributed by atoms with van der Waals surface area (Å²) in [5.41, 5.74) is 1.07. The summed E-state index contributed by atoms with van der Waals surface area (Å²) in [6, 6.07) is 7.96. The third-order valence-corrected chi connectivity index (χ3v) is 7.13. The van der Waals surface area contributed by atoms with Crippen LogP contribution in [0, 0.1) is 0 Å². The molecular weight excluding hydrogens is 360 g/mol. The Hall–Kier alpha value is -1.11. The number of hydrogen-bond donors (Lipinski definition) is 1. The van der Waals surface area contributed by atoms with Gasteiger partial charge in [-0.3, -0.25) is 9.69 Å². The Kier molecular flexibility index (Phi) is 6.02. The van der Waals surface area contributed by atoms with Gasteiger partial charge in [0, 0.05) is 36.6 Å². The van der Waals surface area contributed by atoms with Gasteiger partial charge in [-0.1, -0.05) is 23.7 Å². The van der Waals surface area contributed by atoms with Crippen LogP contribution in [0.2, 0.25) is 5.02 Å². The Morgan fingerprint density at radius 2 is 2.00 bits per heavy atom. The zero-order chi connectivity index (χ0) is 17.9. The topological polar surface area (TPSA) is 66.5 Å². The SMILES string of the molecule is O=C(CCc1cccc(Cl)c1)NC1CCN([C@H]2CCS(=O)(=O)C2)CC1. The second-order valence-electron chi connectivity index (χ2n) is 7.06. The van der Waals surface area contributed by atoms with E-state index in [0.29, 0.717) is 29.4 Å². The lowest BCUT2D eigenvalue weighted by Crippen LogP contribution is -2.48. The number of hydrogen-bond acceptors (Lipinski definition) is 4. The Bertz CT molecular complexity index is 715. The summed E-state index contributed by atoms with van der Waals surface area (Å²) < 4.78 is 23.2. The second-order valence-corrected chi connectivity index (χ2v) is 9.73. The molecule has 2 heterocycles. The lowest BCUT2D eigenvalue weighted by atomic mass is 10.0. The van der Waals surface area contributed by atoms with E-state index in [2.05, 4.69) is 10.2 Å². The van der Waals surface area contributed by atoms with Crippen LogP contribution in [0.5, 0.6) is 0 Å². The molecule has 1 N–H and O–H groups in total. The number of carbonyl (C=O) groups is 1. The molecule has 138 valence electrons. The number of piperidine rings is 1. The van der Waals surface area contributed by atoms with Crippen LogP contribution in [0.4, 0.5) is 0 Å². The van der Waals surface area contributed by atoms with Crippen molar-refractivity contribution in [3.63, 3.8) is 0 Å². The van der Waals surface area contributed by atoms with Crippen molar-refractivity contribution in [2.45, 2.75) is 44.2 Å². The average Bonchev–Trinajstić information content (AvgIpc) is 2.94. The number of sulfone groups is 1. The maximum Gasteiger partial charge on any atom is 0.220 e. The summed E-state index contributed by atoms with van der Waals surface area (Å²) in [6.07, 6.45) is 3.67. The normalized spacial score (nSPS) is 24.3. The van der Waals surface area contributed by atoms with Gasteiger partial charge in [0.1, 0.15) is 0 Å². The first-order valence-corrected chi connectivity index (χ1v) is 11.1. The van der Waals surface area contributed by atoms with Crippen molar-refractivity contribution in [2.75, 3.05) is 24.6 Å². The molecule has 0 radical (unpaired) electrons. The molecule has 5 nitrogen and oxygen atoms in total. The predicted octanol–water partition coefficient (Wildman–Crippen LogP) is 2.04. The molecule has 0 unspecified atom stereocenters. The highest BCUT2D eigenvalue weighted by Gasteiger charge is 2.34. The van der Waals surface area contributed by atoms with Gasteiger partial charge in [0.15, 0.2) is 9.84 Å². The van der Waals surface area contributed by atoms with Crippen LogP contribution in [-0.2, 0) is 21.1 Å². The molecule has 3 rings (SSSR count). The standard InChI is InChI=1S/C18H25ClN2O3S/c19-15-3-1-2-14(12-15)4-5-18(22)20-16-6-9-21(10-7-16)17-8-11-25(23,24)13-17/h1-3,12,16-17H,4-11,13H2,(H,20,22)/t17-/m0/s1. The Labute approximate surface area is 154 Å². The van der Waals surface area contributed by atoms with Crippen LogP contribution in [-0.4, -0.2) is 55.9 Å². The summed E-state index contributed by atoms with van der Waals surface area (Å²) in [6.45, 7) is 1.72. The molecule has 1 atom stereocenters. The summed E-state index contributed by atoms with van der Waals surface area (Å²) in [5, 5.41) is 3.81. The number of carbonyl (C=O) groups excluding carboxylic acids is 1. The highest BCUT2D eigenvalue weighted by Crippen LogP contribution is 2.22. The minimum atomic E-state index is -2.83. The molecule has 2 aliphatic heterocycles. The van der Waals surface area contributed by atoms with Gasteiger partial charge in [-0.15, -0.1) is 0 Å². The zero-order valence-corrected chi connectivity index (χ0v) is 15.9. The van der Waals surface area contributed by atoms with Gasteiger partial charge in [-0.2, -0.15) is 0 Å². The monoisotopic (exact) mass is 384 g/mol. The van der Waals surface area contributed by atoms with Crippen molar-refractivity contribution in [3.05, 3.63) is 34.9 Å². The number of rotatable bonds is 5. The number of nitrogens with zero attached hydrogens (tertiary/aromatic N) is 1. The van der Waals surface area contributed by atoms with E-state index in [1.54, 1.807) is 0 Å². The highest BCUT2D eigenvalue weighted by molar-refractivity contribution is 7.91. The second kappa shape index (κ2) is 8.06. The quantitative estimate of drug-likeness (QED) is 0.843. The van der Waals surface area contributed by atoms with Crippen molar-refractivity contribution >= 4 is 27.3 Å². The molecule has 0 aliphatic carbocycles. The van der Waals surface area contributed by atoms with Crippen molar-refractivity contribution in [1.82, 2.24) is 10.2 Å². The maximum atomic E-state index is 12.2. The molecule has 0 spiro atoms. The highest BCUT2D eigenvalue weighted by atomic mass is 35.5. The van der Waals surface area contributed by atoms with Gasteiger partial charge in [0.2, 0.25) is 5.91 Å². The molecule has 0 bridgehead atoms. The van der Waals surface area contributed by atoms with Gasteiger partial charge in [0.25, 0.3) is 0 Å². The molecular formula is C18H25ClN2O3S. The molecule has 0 aromatic heterocycles. The predicted molar refractivity (Wildman–Crippen MR) is 99.6 cm³/mol. The van der Waals surface area contributed by atoms with E-state index in [9.17, 15) is 13.2 Å². The molecule has 25 heavy (non-hydrogen) atoms. The van der Waals surface area contributed by atoms with Crippen molar-refractivity contribution in [1.29, 1.82) is 0 Å². The van der Waals surface area contributed by atoms with Crippen LogP contribution in [0.3, 0.4) is 0 Å². The summed E-state index contributed by atoms with van der Waals surface area (Å²) in [4.78, 5) is 14.4. The van der Waals surface area contributed by atoms with E-state index in [4.69, 9.17) is 11.6 Å². The average molecular weight is 385 g/mol. The van der Waals surface area contributed by atoms with E-state index in [1.165, 1.54) is 0 Å². The third-order valence-electron chi connectivity index (χ3n) is 5.15. The first-order valence-electron chi connectivity index (χ1n) is 8.89. The zero-order valence-electron chi connectivity index (χ0n) is 14.3. The number of aryl methyl sites for hydroxylation is 1. The Balaban J connectivity index is 1.39. The number of nitrogens with one attached hydrogen (secondary N) is 1. The molecule has 1 aromatic carbocycles. The smallest absolute Gasteiger partial charge is 0.220 e. The van der Waals surface area contributed by atoms with Gasteiger partial charge in [-0.25, -0.2) is 8.42 Å². The van der Waals surface area contributed by atoms with Crippen LogP contribution in [0.25, 0.3) is 0 Å². The fraction of sp³-hybridized carbons (Fsp3) is 0.611. The van der Waals surface area contributed by atoms with Crippen molar-refractivity contribution in [2.24, 2.45) is 0 Å². The summed E-state index contributed by atoms with van der Waals surface area (Å²) in [7, 11) is -2.83. The van der Waals surface area contributed by atoms with Crippen LogP contribution < -0.4 is 5.32 Å². The van der Waals surface area contributed by atoms with Crippen LogP contribution >= 0.6 is 11.6 Å². The van der Waals surface area contributed by atoms with E-state index in [1.807, 2.05) is 24.3 Å². The van der Waals surface area contributed by atoms with Crippen molar-refractivity contribution in [3.8, 4) is 0 Å². The fourth-order valence-corrected chi connectivity index (χ4v) is 5.70. The molecule has 2 fully saturated rings. The van der Waals surface area contributed by atoms with Crippen LogP contribution in [0.1, 0.15) is 31.2 Å². The fourth-order valence-electron chi connectivity index (χ4n) is 3.72. The Morgan fingerprint density at radius 3 is 2.64 bits per heavy atom. The molecule has 2 aliphatic rings. The van der Waals surface area contributed by atoms with Gasteiger partial charge >= 0.3 is 0 Å². The summed E-state index contributed by atoms with van der Waals surface area (Å²) >= 11 is 5.96. The maximum absolute atomic E-state index is 12.2. The third kappa shape index (κ3) is 5.43. The van der Waals surface area contributed by atoms with E-state index >= 15 is 0 Å². The first-order chi connectivity index (χ1) is 11.9. The number of benzene rings is 1. The molecule has 7 heteroatoms. The van der Waals surface area contributed by atoms with Crippen LogP contribution in [0.15, 0.2) is 24.3 Å². The summed E-state index contributed by atoms with van der Waals surface area (Å²) in [5.74, 6) is 0.684. The lowest BCUT2D eigenvalue weighted by Gasteiger charge is -2.35. The number of amides is 1. The van der Waals surface area contributed by atoms with E-state index < -0.39 is 9.84 Å². The molecule has 1 aromatic rings. The van der Waals surface area contributed by atoms with E-state index in [-0.39, 0.29) is 18.0 Å². The largest absolute Gasteiger partial charge is 0.353 e. The molecule has 0 saturated carbocycles. The minimum Gasteiger partial charge on any atom is -0.353 e. The number of likely N-dealkylation sites (tertiary alicyclic amines) is 1. The lowest BCUT2D eigenvalue weighted by molar-refractivity contribution is -0.122. The van der Waals surface area contributed by atoms with E-state index in [0.717, 1.165) is 37.9 Å². The number of halogens is 1.